The Bertz CT molecular complexity index is 427. The number of carbonyl (C=O) groups excluding carboxylic acids is 2. The topological polar surface area (TPSA) is 72.2 Å². The van der Waals surface area contributed by atoms with Gasteiger partial charge in [0.2, 0.25) is 5.91 Å². The predicted molar refractivity (Wildman–Crippen MR) is 62.0 cm³/mol. The van der Waals surface area contributed by atoms with E-state index in [4.69, 9.17) is 5.73 Å². The molecule has 0 saturated carbocycles. The van der Waals surface area contributed by atoms with Gasteiger partial charge in [-0.15, -0.1) is 0 Å². The van der Waals surface area contributed by atoms with Crippen molar-refractivity contribution in [1.29, 1.82) is 0 Å². The summed E-state index contributed by atoms with van der Waals surface area (Å²) in [4.78, 5) is 22.6. The Balaban J connectivity index is 2.89. The fourth-order valence-corrected chi connectivity index (χ4v) is 1.34. The Morgan fingerprint density at radius 1 is 1.31 bits per heavy atom. The SMILES string of the molecule is Cc1cccc(C(=O)NC(C)C(N)=O)c1C. The third-order valence-corrected chi connectivity index (χ3v) is 2.62. The average Bonchev–Trinajstić information content (AvgIpc) is 2.21. The summed E-state index contributed by atoms with van der Waals surface area (Å²) in [5.41, 5.74) is 7.61. The van der Waals surface area contributed by atoms with Crippen molar-refractivity contribution in [2.24, 2.45) is 5.73 Å². The molecule has 0 aliphatic rings. The highest BCUT2D eigenvalue weighted by Crippen LogP contribution is 2.12. The summed E-state index contributed by atoms with van der Waals surface area (Å²) in [6.45, 7) is 5.37. The van der Waals surface area contributed by atoms with E-state index in [0.717, 1.165) is 11.1 Å². The maximum Gasteiger partial charge on any atom is 0.252 e. The summed E-state index contributed by atoms with van der Waals surface area (Å²) in [6.07, 6.45) is 0. The van der Waals surface area contributed by atoms with Gasteiger partial charge in [-0.05, 0) is 38.0 Å². The lowest BCUT2D eigenvalue weighted by Gasteiger charge is -2.12. The van der Waals surface area contributed by atoms with Gasteiger partial charge in [0.15, 0.2) is 0 Å². The summed E-state index contributed by atoms with van der Waals surface area (Å²) < 4.78 is 0. The van der Waals surface area contributed by atoms with Crippen LogP contribution in [0, 0.1) is 13.8 Å². The number of nitrogens with one attached hydrogen (secondary N) is 1. The minimum Gasteiger partial charge on any atom is -0.368 e. The molecule has 0 fully saturated rings. The van der Waals surface area contributed by atoms with Gasteiger partial charge >= 0.3 is 0 Å². The molecule has 0 bridgehead atoms. The lowest BCUT2D eigenvalue weighted by Crippen LogP contribution is -2.42. The molecule has 0 spiro atoms. The molecule has 0 saturated heterocycles. The van der Waals surface area contributed by atoms with E-state index in [-0.39, 0.29) is 5.91 Å². The number of hydrogen-bond donors (Lipinski definition) is 2. The van der Waals surface area contributed by atoms with Crippen LogP contribution in [-0.4, -0.2) is 17.9 Å². The van der Waals surface area contributed by atoms with E-state index in [0.29, 0.717) is 5.56 Å². The summed E-state index contributed by atoms with van der Waals surface area (Å²) >= 11 is 0. The van der Waals surface area contributed by atoms with Crippen LogP contribution in [0.4, 0.5) is 0 Å². The minimum absolute atomic E-state index is 0.271. The zero-order valence-electron chi connectivity index (χ0n) is 9.70. The minimum atomic E-state index is -0.660. The third-order valence-electron chi connectivity index (χ3n) is 2.62. The van der Waals surface area contributed by atoms with E-state index in [1.54, 1.807) is 13.0 Å². The van der Waals surface area contributed by atoms with Crippen LogP contribution in [0.15, 0.2) is 18.2 Å². The molecule has 3 N–H and O–H groups in total. The molecule has 4 heteroatoms. The molecular weight excluding hydrogens is 204 g/mol. The van der Waals surface area contributed by atoms with Crippen molar-refractivity contribution < 1.29 is 9.59 Å². The third kappa shape index (κ3) is 2.59. The van der Waals surface area contributed by atoms with Crippen LogP contribution in [0.3, 0.4) is 0 Å². The quantitative estimate of drug-likeness (QED) is 0.794. The van der Waals surface area contributed by atoms with Crippen LogP contribution in [-0.2, 0) is 4.79 Å². The summed E-state index contributed by atoms with van der Waals surface area (Å²) in [5, 5.41) is 2.55. The first-order chi connectivity index (χ1) is 7.43. The summed E-state index contributed by atoms with van der Waals surface area (Å²) in [5.74, 6) is -0.814. The molecule has 0 radical (unpaired) electrons. The molecular formula is C12H16N2O2. The van der Waals surface area contributed by atoms with Crippen molar-refractivity contribution in [3.8, 4) is 0 Å². The van der Waals surface area contributed by atoms with E-state index in [1.807, 2.05) is 26.0 Å². The van der Waals surface area contributed by atoms with Crippen LogP contribution in [0.2, 0.25) is 0 Å². The van der Waals surface area contributed by atoms with Crippen molar-refractivity contribution in [2.45, 2.75) is 26.8 Å². The Labute approximate surface area is 94.8 Å². The zero-order valence-corrected chi connectivity index (χ0v) is 9.70. The lowest BCUT2D eigenvalue weighted by molar-refractivity contribution is -0.119. The molecule has 16 heavy (non-hydrogen) atoms. The molecule has 1 rings (SSSR count). The molecule has 0 aromatic heterocycles. The first-order valence-electron chi connectivity index (χ1n) is 5.10. The highest BCUT2D eigenvalue weighted by atomic mass is 16.2. The van der Waals surface area contributed by atoms with E-state index < -0.39 is 11.9 Å². The van der Waals surface area contributed by atoms with Crippen LogP contribution >= 0.6 is 0 Å². The number of hydrogen-bond acceptors (Lipinski definition) is 2. The normalized spacial score (nSPS) is 11.9. The Hall–Kier alpha value is -1.84. The Morgan fingerprint density at radius 3 is 2.50 bits per heavy atom. The second-order valence-electron chi connectivity index (χ2n) is 3.84. The standard InChI is InChI=1S/C12H16N2O2/c1-7-5-4-6-10(8(7)2)12(16)14-9(3)11(13)15/h4-6,9H,1-3H3,(H2,13,15)(H,14,16). The monoisotopic (exact) mass is 220 g/mol. The molecule has 86 valence electrons. The van der Waals surface area contributed by atoms with Crippen molar-refractivity contribution in [3.63, 3.8) is 0 Å². The first kappa shape index (κ1) is 12.2. The number of aryl methyl sites for hydroxylation is 1. The smallest absolute Gasteiger partial charge is 0.252 e. The molecule has 2 amide bonds. The number of primary amides is 1. The Kier molecular flexibility index (Phi) is 3.66. The van der Waals surface area contributed by atoms with Crippen LogP contribution in [0.25, 0.3) is 0 Å². The largest absolute Gasteiger partial charge is 0.368 e. The van der Waals surface area contributed by atoms with Gasteiger partial charge in [-0.2, -0.15) is 0 Å². The number of rotatable bonds is 3. The van der Waals surface area contributed by atoms with Crippen molar-refractivity contribution in [2.75, 3.05) is 0 Å². The molecule has 1 aromatic carbocycles. The molecule has 1 aromatic rings. The maximum atomic E-state index is 11.8. The van der Waals surface area contributed by atoms with Crippen LogP contribution in [0.1, 0.15) is 28.4 Å². The van der Waals surface area contributed by atoms with Crippen molar-refractivity contribution in [3.05, 3.63) is 34.9 Å². The van der Waals surface area contributed by atoms with Gasteiger partial charge in [0, 0.05) is 5.56 Å². The Morgan fingerprint density at radius 2 is 1.94 bits per heavy atom. The molecule has 0 aliphatic heterocycles. The second-order valence-corrected chi connectivity index (χ2v) is 3.84. The van der Waals surface area contributed by atoms with E-state index in [2.05, 4.69) is 5.32 Å². The van der Waals surface area contributed by atoms with Crippen molar-refractivity contribution >= 4 is 11.8 Å². The highest BCUT2D eigenvalue weighted by molar-refractivity contribution is 5.98. The molecule has 1 unspecified atom stereocenters. The van der Waals surface area contributed by atoms with E-state index in [1.165, 1.54) is 0 Å². The fraction of sp³-hybridized carbons (Fsp3) is 0.333. The predicted octanol–water partition coefficient (Wildman–Crippen LogP) is 0.907. The number of nitrogens with two attached hydrogens (primary N) is 1. The number of carbonyl (C=O) groups is 2. The van der Waals surface area contributed by atoms with Gasteiger partial charge in [0.25, 0.3) is 5.91 Å². The van der Waals surface area contributed by atoms with Gasteiger partial charge in [0.1, 0.15) is 6.04 Å². The highest BCUT2D eigenvalue weighted by Gasteiger charge is 2.15. The van der Waals surface area contributed by atoms with Gasteiger partial charge in [-0.25, -0.2) is 0 Å². The van der Waals surface area contributed by atoms with Crippen LogP contribution in [0.5, 0.6) is 0 Å². The van der Waals surface area contributed by atoms with Gasteiger partial charge in [0.05, 0.1) is 0 Å². The van der Waals surface area contributed by atoms with Crippen molar-refractivity contribution in [1.82, 2.24) is 5.32 Å². The lowest BCUT2D eigenvalue weighted by atomic mass is 10.0. The number of benzene rings is 1. The molecule has 0 heterocycles. The maximum absolute atomic E-state index is 11.8. The average molecular weight is 220 g/mol. The zero-order chi connectivity index (χ0) is 12.3. The molecule has 4 nitrogen and oxygen atoms in total. The second kappa shape index (κ2) is 4.79. The van der Waals surface area contributed by atoms with E-state index in [9.17, 15) is 9.59 Å². The fourth-order valence-electron chi connectivity index (χ4n) is 1.34. The molecule has 0 aliphatic carbocycles. The summed E-state index contributed by atoms with van der Waals surface area (Å²) in [6, 6.07) is 4.81. The number of amides is 2. The van der Waals surface area contributed by atoms with Crippen LogP contribution < -0.4 is 11.1 Å². The first-order valence-corrected chi connectivity index (χ1v) is 5.10. The molecule has 1 atom stereocenters. The van der Waals surface area contributed by atoms with Gasteiger partial charge in [-0.3, -0.25) is 9.59 Å². The van der Waals surface area contributed by atoms with Gasteiger partial charge in [-0.1, -0.05) is 12.1 Å². The summed E-state index contributed by atoms with van der Waals surface area (Å²) in [7, 11) is 0. The van der Waals surface area contributed by atoms with E-state index >= 15 is 0 Å². The van der Waals surface area contributed by atoms with Gasteiger partial charge < -0.3 is 11.1 Å².